The van der Waals surface area contributed by atoms with Crippen molar-refractivity contribution in [2.24, 2.45) is 0 Å². The molecule has 15 saturated heterocycles. The molecule has 29 heterocycles. The van der Waals surface area contributed by atoms with E-state index in [1.54, 1.807) is 0 Å². The molecule has 19 N–H and O–H groups in total. The van der Waals surface area contributed by atoms with Crippen LogP contribution in [0.15, 0.2) is 58.3 Å². The van der Waals surface area contributed by atoms with Crippen molar-refractivity contribution in [1.29, 1.82) is 0 Å². The van der Waals surface area contributed by atoms with Gasteiger partial charge >= 0.3 is 0 Å². The summed E-state index contributed by atoms with van der Waals surface area (Å²) in [7, 11) is -9.89. The zero-order valence-electron chi connectivity index (χ0n) is 49.3. The highest BCUT2D eigenvalue weighted by Crippen LogP contribution is 2.40. The number of hydrogen-bond donors (Lipinski definition) is 19. The Balaban J connectivity index is 1.00. The lowest BCUT2D eigenvalue weighted by molar-refractivity contribution is -0.396. The topological polar surface area (TPSA) is 600 Å². The molecule has 15 fully saturated rings. The average molecular weight is 1410 g/mol. The van der Waals surface area contributed by atoms with Gasteiger partial charge in [-0.15, -0.1) is 0 Å². The predicted molar refractivity (Wildman–Crippen MR) is 292 cm³/mol. The number of aliphatic hydroxyl groups excluding tert-OH is 19. The van der Waals surface area contributed by atoms with E-state index in [9.17, 15) is 114 Å². The van der Waals surface area contributed by atoms with Gasteiger partial charge in [0.1, 0.15) is 171 Å². The molecule has 35 atom stereocenters. The van der Waals surface area contributed by atoms with Crippen LogP contribution in [0.25, 0.3) is 11.1 Å². The second-order valence-corrected chi connectivity index (χ2v) is 27.0. The summed E-state index contributed by atoms with van der Waals surface area (Å²) >= 11 is 0. The van der Waals surface area contributed by atoms with Gasteiger partial charge in [0.25, 0.3) is 20.2 Å². The highest BCUT2D eigenvalue weighted by Gasteiger charge is 2.60. The Morgan fingerprint density at radius 3 is 0.663 bits per heavy atom. The largest absolute Gasteiger partial charge is 0.394 e. The van der Waals surface area contributed by atoms with E-state index in [0.29, 0.717) is 0 Å². The maximum atomic E-state index is 14.0. The zero-order valence-corrected chi connectivity index (χ0v) is 50.9. The van der Waals surface area contributed by atoms with Crippen LogP contribution in [0.4, 0.5) is 0 Å². The summed E-state index contributed by atoms with van der Waals surface area (Å²) in [4.78, 5) is -1.07. The van der Waals surface area contributed by atoms with Crippen LogP contribution in [0.5, 0.6) is 0 Å². The maximum Gasteiger partial charge on any atom is 0.297 e. The van der Waals surface area contributed by atoms with Crippen LogP contribution in [0, 0.1) is 0 Å². The molecule has 20 bridgehead atoms. The van der Waals surface area contributed by atoms with Crippen LogP contribution in [0.1, 0.15) is 0 Å². The molecule has 0 amide bonds. The molecule has 41 heteroatoms. The molecule has 0 spiro atoms. The monoisotopic (exact) mass is 1410 g/mol. The Morgan fingerprint density at radius 2 is 0.453 bits per heavy atom. The summed E-state index contributed by atoms with van der Waals surface area (Å²) in [6, 6.07) is 9.40. The van der Waals surface area contributed by atoms with Gasteiger partial charge in [-0.3, -0.25) is 8.37 Å². The molecule has 2 aromatic rings. The van der Waals surface area contributed by atoms with Gasteiger partial charge in [0, 0.05) is 0 Å². The zero-order chi connectivity index (χ0) is 68.4. The first kappa shape index (κ1) is 73.2. The highest BCUT2D eigenvalue weighted by molar-refractivity contribution is 7.87. The predicted octanol–water partition coefficient (Wildman–Crippen LogP) is -12.4. The number of benzene rings is 2. The molecule has 2 aromatic carbocycles. The molecule has 31 rings (SSSR count). The molecule has 0 aromatic heterocycles. The van der Waals surface area contributed by atoms with E-state index in [4.69, 9.17) is 74.7 Å². The molecule has 29 aliphatic heterocycles. The van der Waals surface area contributed by atoms with Crippen molar-refractivity contribution < 1.29 is 189 Å². The number of ether oxygens (including phenoxy) is 14. The lowest BCUT2D eigenvalue weighted by atomic mass is 9.95. The van der Waals surface area contributed by atoms with Gasteiger partial charge in [-0.2, -0.15) is 16.8 Å². The van der Waals surface area contributed by atoms with Gasteiger partial charge in [-0.05, 0) is 35.4 Å². The van der Waals surface area contributed by atoms with E-state index in [1.165, 1.54) is 24.3 Å². The third-order valence-electron chi connectivity index (χ3n) is 17.8. The fourth-order valence-corrected chi connectivity index (χ4v) is 14.3. The molecule has 0 unspecified atom stereocenters. The Kier molecular flexibility index (Phi) is 23.0. The van der Waals surface area contributed by atoms with Gasteiger partial charge in [-0.25, -0.2) is 0 Å². The smallest absolute Gasteiger partial charge is 0.297 e. The summed E-state index contributed by atoms with van der Waals surface area (Å²) in [5.41, 5.74) is 0.555. The Morgan fingerprint density at radius 1 is 0.263 bits per heavy atom. The first-order valence-electron chi connectivity index (χ1n) is 29.9. The molecule has 538 valence electrons. The van der Waals surface area contributed by atoms with Crippen LogP contribution >= 0.6 is 0 Å². The summed E-state index contributed by atoms with van der Waals surface area (Å²) in [5, 5.41) is 216. The van der Waals surface area contributed by atoms with Crippen molar-refractivity contribution >= 4 is 20.2 Å². The van der Waals surface area contributed by atoms with Crippen molar-refractivity contribution in [2.75, 3.05) is 46.2 Å². The van der Waals surface area contributed by atoms with Crippen molar-refractivity contribution in [3.63, 3.8) is 0 Å². The highest BCUT2D eigenvalue weighted by atomic mass is 32.2. The SMILES string of the molecule is O=S1(=O)OC[C@@H]2O[C@H]3O[C@@H]4[C@@H](O)[C@@H](O)[C@H](O[C@H]5[C@H](O)[C@H](O)[C@@H](O[C@@H]6[C@@H](O)[C@H](O)[C@H](O[C@H]7[C@@H](O)[C@H](O)[C@@H](O[C@@H]8[C@H](O)[C@H](O)[C@@H](O[C@H]9[C@@H](O)[C@@H](O)[C@@H](O[C@@H]2[C@H](O)[C@H]3O)O[C@H]9CO)O[C@H]8CO)O[C@H]7CO)O[C@@H]6COS(=O)(=O)c2ccc(cc2)-c2ccc1cc2)O[C@H]5CO)O[C@H]4CO. The first-order valence-corrected chi connectivity index (χ1v) is 32.7. The van der Waals surface area contributed by atoms with Crippen LogP contribution in [-0.4, -0.2) is 375 Å². The van der Waals surface area contributed by atoms with Gasteiger partial charge in [0.15, 0.2) is 44.0 Å². The Bertz CT molecular complexity index is 3060. The fraction of sp³-hybridized carbons (Fsp3) is 0.778. The van der Waals surface area contributed by atoms with Crippen LogP contribution in [0.3, 0.4) is 0 Å². The summed E-state index contributed by atoms with van der Waals surface area (Å²) in [5.74, 6) is 0. The number of hydrogen-bond acceptors (Lipinski definition) is 39. The van der Waals surface area contributed by atoms with Crippen molar-refractivity contribution in [3.05, 3.63) is 48.5 Å². The van der Waals surface area contributed by atoms with Crippen LogP contribution in [-0.2, 0) is 94.9 Å². The lowest BCUT2D eigenvalue weighted by Gasteiger charge is -2.50. The normalized spacial score (nSPS) is 49.1. The van der Waals surface area contributed by atoms with Gasteiger partial charge < -0.3 is 163 Å². The van der Waals surface area contributed by atoms with E-state index in [0.717, 1.165) is 24.3 Å². The van der Waals surface area contributed by atoms with E-state index >= 15 is 0 Å². The van der Waals surface area contributed by atoms with Gasteiger partial charge in [0.2, 0.25) is 0 Å². The van der Waals surface area contributed by atoms with E-state index in [2.05, 4.69) is 0 Å². The number of aliphatic hydroxyl groups is 19. The third kappa shape index (κ3) is 14.5. The van der Waals surface area contributed by atoms with Crippen LogP contribution in [0.2, 0.25) is 0 Å². The van der Waals surface area contributed by atoms with E-state index in [-0.39, 0.29) is 11.1 Å². The fourth-order valence-electron chi connectivity index (χ4n) is 12.5. The molecular weight excluding hydrogens is 1340 g/mol. The molecule has 0 saturated carbocycles. The molecular formula is C54H76O39S2. The Labute approximate surface area is 537 Å². The minimum Gasteiger partial charge on any atom is -0.394 e. The second kappa shape index (κ2) is 29.9. The summed E-state index contributed by atoms with van der Waals surface area (Å²) < 4.78 is 149. The summed E-state index contributed by atoms with van der Waals surface area (Å²) in [6.45, 7) is -8.14. The van der Waals surface area contributed by atoms with Gasteiger partial charge in [-0.1, -0.05) is 24.3 Å². The first-order chi connectivity index (χ1) is 45.1. The average Bonchev–Trinajstić information content (AvgIpc) is 0.787. The molecule has 95 heavy (non-hydrogen) atoms. The maximum absolute atomic E-state index is 14.0. The number of rotatable bonds is 5. The molecule has 29 aliphatic rings. The van der Waals surface area contributed by atoms with Gasteiger partial charge in [0.05, 0.1) is 56.0 Å². The third-order valence-corrected chi connectivity index (χ3v) is 20.4. The summed E-state index contributed by atoms with van der Waals surface area (Å²) in [6.07, 6.45) is -76.0. The van der Waals surface area contributed by atoms with Crippen molar-refractivity contribution in [3.8, 4) is 11.1 Å². The quantitative estimate of drug-likeness (QED) is 0.124. The van der Waals surface area contributed by atoms with E-state index in [1.807, 2.05) is 0 Å². The molecule has 0 aliphatic carbocycles. The van der Waals surface area contributed by atoms with Crippen LogP contribution < -0.4 is 0 Å². The minimum atomic E-state index is -4.95. The standard InChI is InChI=1S/C54H76O39S2/c55-9-20-41-27(60)34(67)48(80-20)88-42-21(10-56)83-51(37(70)30(42)63)92-46-25-14-78-94(74,75)18-5-1-16(2-6-18)17-3-7-19(8-4-17)95(76,77)79-15-26-47(32(65)39(72)53(85-26)90-44-23(12-58)81-49(87-41)35(68)28(44)61)93-52-38(71)31(64)43(22(11-57)84-52)89-50-36(69)29(62)45(24(13-59)82-50)91-54(86-25)40(73)33(46)66/h1-8,20-73H,9-15H2/t20-,21-,22-,23-,24-,25-,26+,27+,28-,29-,30-,31+,32-,33+,34-,35-,36+,37+,38-,39-,40+,41-,42+,43+,44+,45-,46-,47-,48+,49+,50-,51+,52+,53-,54-/m0/s1. The van der Waals surface area contributed by atoms with E-state index < -0.39 is 291 Å². The van der Waals surface area contributed by atoms with Crippen molar-refractivity contribution in [2.45, 2.75) is 225 Å². The molecule has 39 nitrogen and oxygen atoms in total. The Hall–Kier alpha value is -3.06. The second-order valence-electron chi connectivity index (χ2n) is 23.8. The molecule has 0 radical (unpaired) electrons. The lowest BCUT2D eigenvalue weighted by Crippen LogP contribution is -2.68. The minimum absolute atomic E-state index is 0.277. The van der Waals surface area contributed by atoms with Crippen molar-refractivity contribution in [1.82, 2.24) is 0 Å².